The molecule has 0 amide bonds. The largest absolute Gasteiger partial charge is 0.495 e. The Hall–Kier alpha value is -1.09. The highest BCUT2D eigenvalue weighted by molar-refractivity contribution is 9.09. The normalized spacial score (nSPS) is 13.8. The number of aliphatic hydroxyl groups is 2. The minimum Gasteiger partial charge on any atom is -0.495 e. The molecule has 1 aromatic rings. The van der Waals surface area contributed by atoms with Gasteiger partial charge in [0.2, 0.25) is 0 Å². The molecule has 2 unspecified atom stereocenters. The Kier molecular flexibility index (Phi) is 5.42. The van der Waals surface area contributed by atoms with Gasteiger partial charge in [0.25, 0.3) is 0 Å². The minimum absolute atomic E-state index is 0.343. The van der Waals surface area contributed by atoms with Crippen LogP contribution in [0.25, 0.3) is 0 Å². The van der Waals surface area contributed by atoms with Crippen LogP contribution >= 0.6 is 15.9 Å². The van der Waals surface area contributed by atoms with Crippen molar-refractivity contribution in [2.45, 2.75) is 18.6 Å². The van der Waals surface area contributed by atoms with Crippen LogP contribution < -0.4 is 4.74 Å². The molecule has 0 saturated carbocycles. The third-order valence-electron chi connectivity index (χ3n) is 2.45. The van der Waals surface area contributed by atoms with Crippen LogP contribution in [-0.4, -0.2) is 28.8 Å². The summed E-state index contributed by atoms with van der Waals surface area (Å²) in [5, 5.41) is 29.1. The van der Waals surface area contributed by atoms with Gasteiger partial charge in [0.1, 0.15) is 17.9 Å². The van der Waals surface area contributed by atoms with Gasteiger partial charge in [-0.25, -0.2) is 0 Å². The van der Waals surface area contributed by atoms with Crippen LogP contribution in [0.3, 0.4) is 0 Å². The van der Waals surface area contributed by atoms with E-state index in [-0.39, 0.29) is 0 Å². The number of halogens is 1. The number of alkyl halides is 1. The van der Waals surface area contributed by atoms with Crippen molar-refractivity contribution >= 4 is 15.9 Å². The molecule has 0 fully saturated rings. The van der Waals surface area contributed by atoms with E-state index in [1.54, 1.807) is 12.1 Å². The Balaban J connectivity index is 2.96. The second-order valence-electron chi connectivity index (χ2n) is 3.56. The molecule has 17 heavy (non-hydrogen) atoms. The summed E-state index contributed by atoms with van der Waals surface area (Å²) in [6.45, 7) is 0. The van der Waals surface area contributed by atoms with Gasteiger partial charge in [0.05, 0.1) is 18.8 Å². The van der Waals surface area contributed by atoms with E-state index in [4.69, 9.17) is 10.00 Å². The van der Waals surface area contributed by atoms with Crippen molar-refractivity contribution in [3.8, 4) is 11.8 Å². The number of hydrogen-bond donors (Lipinski definition) is 2. The monoisotopic (exact) mass is 299 g/mol. The predicted octanol–water partition coefficient (Wildman–Crippen LogP) is 1.75. The number of nitrogens with zero attached hydrogens (tertiary/aromatic N) is 1. The molecule has 0 aliphatic rings. The van der Waals surface area contributed by atoms with Crippen LogP contribution in [-0.2, 0) is 0 Å². The molecular formula is C12H14BrNO3. The number of methoxy groups -OCH3 is 1. The first-order chi connectivity index (χ1) is 8.13. The molecule has 0 bridgehead atoms. The lowest BCUT2D eigenvalue weighted by atomic mass is 10.0. The van der Waals surface area contributed by atoms with Crippen molar-refractivity contribution in [1.82, 2.24) is 0 Å². The Morgan fingerprint density at radius 3 is 2.71 bits per heavy atom. The van der Waals surface area contributed by atoms with E-state index >= 15 is 0 Å². The zero-order valence-corrected chi connectivity index (χ0v) is 11.0. The van der Waals surface area contributed by atoms with E-state index in [0.29, 0.717) is 28.6 Å². The fourth-order valence-electron chi connectivity index (χ4n) is 1.49. The molecule has 0 radical (unpaired) electrons. The summed E-state index contributed by atoms with van der Waals surface area (Å²) in [5.41, 5.74) is 0.853. The molecule has 0 spiro atoms. The van der Waals surface area contributed by atoms with Crippen molar-refractivity contribution < 1.29 is 14.9 Å². The molecule has 5 heteroatoms. The molecule has 0 heterocycles. The summed E-state index contributed by atoms with van der Waals surface area (Å²) in [6, 6.07) is 6.76. The maximum atomic E-state index is 9.88. The highest BCUT2D eigenvalue weighted by Crippen LogP contribution is 2.25. The summed E-state index contributed by atoms with van der Waals surface area (Å²) in [6.07, 6.45) is -1.41. The van der Waals surface area contributed by atoms with Crippen molar-refractivity contribution in [2.24, 2.45) is 0 Å². The van der Waals surface area contributed by atoms with Gasteiger partial charge in [-0.3, -0.25) is 0 Å². The van der Waals surface area contributed by atoms with Crippen molar-refractivity contribution in [3.05, 3.63) is 29.3 Å². The van der Waals surface area contributed by atoms with Gasteiger partial charge in [-0.1, -0.05) is 22.0 Å². The molecule has 0 aliphatic heterocycles. The van der Waals surface area contributed by atoms with Crippen LogP contribution in [0.15, 0.2) is 18.2 Å². The standard InChI is InChI=1S/C12H14BrNO3/c1-17-11-3-2-8(6-9(11)7-14)12(16)10(15)4-5-13/h2-3,6,10,12,15-16H,4-5H2,1H3. The van der Waals surface area contributed by atoms with Gasteiger partial charge in [-0.2, -0.15) is 5.26 Å². The average molecular weight is 300 g/mol. The fourth-order valence-corrected chi connectivity index (χ4v) is 1.96. The fraction of sp³-hybridized carbons (Fsp3) is 0.417. The lowest BCUT2D eigenvalue weighted by molar-refractivity contribution is 0.0173. The summed E-state index contributed by atoms with van der Waals surface area (Å²) >= 11 is 3.20. The Labute approximate surface area is 109 Å². The highest BCUT2D eigenvalue weighted by Gasteiger charge is 2.18. The number of aliphatic hydroxyl groups excluding tert-OH is 2. The van der Waals surface area contributed by atoms with Crippen LogP contribution in [0.1, 0.15) is 23.7 Å². The van der Waals surface area contributed by atoms with E-state index in [1.807, 2.05) is 6.07 Å². The average Bonchev–Trinajstić information content (AvgIpc) is 2.37. The highest BCUT2D eigenvalue weighted by atomic mass is 79.9. The molecule has 1 aromatic carbocycles. The topological polar surface area (TPSA) is 73.5 Å². The Bertz CT molecular complexity index is 417. The quantitative estimate of drug-likeness (QED) is 0.812. The smallest absolute Gasteiger partial charge is 0.136 e. The summed E-state index contributed by atoms with van der Waals surface area (Å²) in [7, 11) is 1.48. The van der Waals surface area contributed by atoms with E-state index in [2.05, 4.69) is 15.9 Å². The van der Waals surface area contributed by atoms with Gasteiger partial charge in [0.15, 0.2) is 0 Å². The lowest BCUT2D eigenvalue weighted by Crippen LogP contribution is -2.18. The Morgan fingerprint density at radius 1 is 1.47 bits per heavy atom. The first-order valence-corrected chi connectivity index (χ1v) is 6.26. The lowest BCUT2D eigenvalue weighted by Gasteiger charge is -2.17. The second-order valence-corrected chi connectivity index (χ2v) is 4.35. The zero-order valence-electron chi connectivity index (χ0n) is 9.43. The third kappa shape index (κ3) is 3.43. The molecule has 4 nitrogen and oxygen atoms in total. The first-order valence-electron chi connectivity index (χ1n) is 5.14. The van der Waals surface area contributed by atoms with E-state index < -0.39 is 12.2 Å². The van der Waals surface area contributed by atoms with Gasteiger partial charge in [-0.05, 0) is 24.1 Å². The van der Waals surface area contributed by atoms with Gasteiger partial charge >= 0.3 is 0 Å². The molecule has 2 N–H and O–H groups in total. The van der Waals surface area contributed by atoms with Crippen LogP contribution in [0, 0.1) is 11.3 Å². The number of hydrogen-bond acceptors (Lipinski definition) is 4. The van der Waals surface area contributed by atoms with Crippen LogP contribution in [0.4, 0.5) is 0 Å². The maximum Gasteiger partial charge on any atom is 0.136 e. The molecular weight excluding hydrogens is 286 g/mol. The summed E-state index contributed by atoms with van der Waals surface area (Å²) < 4.78 is 5.00. The molecule has 0 saturated heterocycles. The maximum absolute atomic E-state index is 9.88. The first kappa shape index (κ1) is 14.0. The van der Waals surface area contributed by atoms with Gasteiger partial charge in [-0.15, -0.1) is 0 Å². The third-order valence-corrected chi connectivity index (χ3v) is 2.91. The van der Waals surface area contributed by atoms with Gasteiger partial charge in [0, 0.05) is 5.33 Å². The molecule has 92 valence electrons. The van der Waals surface area contributed by atoms with Crippen molar-refractivity contribution in [3.63, 3.8) is 0 Å². The molecule has 2 atom stereocenters. The van der Waals surface area contributed by atoms with E-state index in [9.17, 15) is 10.2 Å². The minimum atomic E-state index is -0.995. The number of ether oxygens (including phenoxy) is 1. The van der Waals surface area contributed by atoms with Crippen molar-refractivity contribution in [1.29, 1.82) is 5.26 Å². The SMILES string of the molecule is COc1ccc(C(O)C(O)CCBr)cc1C#N. The number of benzene rings is 1. The number of rotatable bonds is 5. The molecule has 0 aromatic heterocycles. The second kappa shape index (κ2) is 6.60. The summed E-state index contributed by atoms with van der Waals surface area (Å²) in [5.74, 6) is 0.457. The van der Waals surface area contributed by atoms with Crippen LogP contribution in [0.2, 0.25) is 0 Å². The Morgan fingerprint density at radius 2 is 2.18 bits per heavy atom. The van der Waals surface area contributed by atoms with Crippen LogP contribution in [0.5, 0.6) is 5.75 Å². The molecule has 1 rings (SSSR count). The van der Waals surface area contributed by atoms with E-state index in [1.165, 1.54) is 13.2 Å². The summed E-state index contributed by atoms with van der Waals surface area (Å²) in [4.78, 5) is 0. The van der Waals surface area contributed by atoms with E-state index in [0.717, 1.165) is 0 Å². The molecule has 0 aliphatic carbocycles. The van der Waals surface area contributed by atoms with Crippen molar-refractivity contribution in [2.75, 3.05) is 12.4 Å². The number of nitriles is 1. The predicted molar refractivity (Wildman–Crippen MR) is 67.1 cm³/mol. The van der Waals surface area contributed by atoms with Gasteiger partial charge < -0.3 is 14.9 Å². The zero-order chi connectivity index (χ0) is 12.8.